The summed E-state index contributed by atoms with van der Waals surface area (Å²) in [5, 5.41) is 11.0. The molecule has 0 aliphatic heterocycles. The molecule has 0 spiro atoms. The molecule has 27 heteroatoms. The Kier molecular flexibility index (Phi) is 75.1. The quantitative estimate of drug-likeness (QED) is 0.0209. The van der Waals surface area contributed by atoms with Gasteiger partial charge >= 0.3 is 89.0 Å². The molecule has 0 heterocycles. The van der Waals surface area contributed by atoms with Gasteiger partial charge < -0.3 is 66.3 Å². The topological polar surface area (TPSA) is 281 Å². The van der Waals surface area contributed by atoms with Crippen molar-refractivity contribution in [1.82, 2.24) is 4.90 Å². The number of hydrogen-bond donors (Lipinski definition) is 1. The van der Waals surface area contributed by atoms with Crippen molar-refractivity contribution in [2.45, 2.75) is 303 Å². The van der Waals surface area contributed by atoms with Crippen molar-refractivity contribution in [3.63, 3.8) is 0 Å². The molecule has 4 unspecified atom stereocenters. The minimum Gasteiger partial charge on any atom is -0.756 e. The monoisotopic (exact) mass is 1470 g/mol. The molecular weight excluding hydrogens is 1340 g/mol. The maximum Gasteiger partial charge on any atom is 1.00 e. The fourth-order valence-corrected chi connectivity index (χ4v) is 11.1. The van der Waals surface area contributed by atoms with Gasteiger partial charge in [-0.15, -0.1) is 12.4 Å². The fourth-order valence-electron chi connectivity index (χ4n) is 9.44. The molecule has 21 nitrogen and oxygen atoms in total. The Hall–Kier alpha value is -0.910. The maximum atomic E-state index is 12.8. The van der Waals surface area contributed by atoms with E-state index in [2.05, 4.69) is 27.7 Å². The third-order valence-electron chi connectivity index (χ3n) is 15.1. The van der Waals surface area contributed by atoms with E-state index in [0.29, 0.717) is 49.6 Å². The van der Waals surface area contributed by atoms with Gasteiger partial charge in [-0.3, -0.25) is 28.3 Å². The Labute approximate surface area is 634 Å². The SMILES string of the molecule is CCCCCCCCCCCC(=O)OCC(COP(=O)([O-])OCC(O)COP(=O)([O-])OCC(COC(=O)CCCCCCCCCCC)OC(=O)CCCCCCCCCCC)OC(=O)CCCCCCCCCCC.CN(C)CCOC(=O)COc1ccc(Cl)cc1.Cl.[Na+].[Na+]. The smallest absolute Gasteiger partial charge is 0.756 e. The molecule has 4 atom stereocenters. The summed E-state index contributed by atoms with van der Waals surface area (Å²) >= 11 is 5.72. The summed E-state index contributed by atoms with van der Waals surface area (Å²) in [6.45, 7) is 5.35. The van der Waals surface area contributed by atoms with E-state index in [4.69, 9.17) is 58.1 Å². The largest absolute Gasteiger partial charge is 1.00 e. The number of halogens is 2. The average molecular weight is 1470 g/mol. The second kappa shape index (κ2) is 71.1. The van der Waals surface area contributed by atoms with E-state index < -0.39 is 97.5 Å². The Bertz CT molecular complexity index is 1990. The number of esters is 5. The molecule has 552 valence electrons. The van der Waals surface area contributed by atoms with Crippen LogP contribution in [0.3, 0.4) is 0 Å². The van der Waals surface area contributed by atoms with Gasteiger partial charge in [0.1, 0.15) is 31.7 Å². The van der Waals surface area contributed by atoms with Crippen molar-refractivity contribution in [2.24, 2.45) is 0 Å². The summed E-state index contributed by atoms with van der Waals surface area (Å²) < 4.78 is 76.9. The maximum absolute atomic E-state index is 12.8. The van der Waals surface area contributed by atoms with Crippen molar-refractivity contribution < 1.29 is 154 Å². The van der Waals surface area contributed by atoms with Crippen LogP contribution in [0.15, 0.2) is 24.3 Å². The summed E-state index contributed by atoms with van der Waals surface area (Å²) in [5.41, 5.74) is 0. The van der Waals surface area contributed by atoms with Gasteiger partial charge in [-0.05, 0) is 64.0 Å². The Balaban J connectivity index is -0.00000182. The number of phosphoric ester groups is 2. The van der Waals surface area contributed by atoms with Gasteiger partial charge in [0.05, 0.1) is 26.4 Å². The third kappa shape index (κ3) is 70.1. The second-order valence-corrected chi connectivity index (χ2v) is 27.7. The molecule has 96 heavy (non-hydrogen) atoms. The van der Waals surface area contributed by atoms with Gasteiger partial charge in [-0.2, -0.15) is 0 Å². The van der Waals surface area contributed by atoms with Crippen LogP contribution in [0.4, 0.5) is 0 Å². The van der Waals surface area contributed by atoms with E-state index in [-0.39, 0.29) is 110 Å². The van der Waals surface area contributed by atoms with Crippen LogP contribution in [0, 0.1) is 0 Å². The normalized spacial score (nSPS) is 13.2. The summed E-state index contributed by atoms with van der Waals surface area (Å²) in [5.74, 6) is -2.02. The zero-order chi connectivity index (χ0) is 68.9. The van der Waals surface area contributed by atoms with Gasteiger partial charge in [-0.25, -0.2) is 4.79 Å². The van der Waals surface area contributed by atoms with Crippen molar-refractivity contribution in [1.29, 1.82) is 0 Å². The summed E-state index contributed by atoms with van der Waals surface area (Å²) in [6.07, 6.45) is 34.2. The van der Waals surface area contributed by atoms with Gasteiger partial charge in [0.15, 0.2) is 18.8 Å². The molecule has 1 aromatic rings. The average Bonchev–Trinajstić information content (AvgIpc) is 1.65. The summed E-state index contributed by atoms with van der Waals surface area (Å²) in [7, 11) is -6.56. The number of aliphatic hydroxyl groups is 1. The number of nitrogens with zero attached hydrogens (tertiary/aromatic N) is 1. The van der Waals surface area contributed by atoms with Gasteiger partial charge in [0.25, 0.3) is 15.6 Å². The van der Waals surface area contributed by atoms with Crippen LogP contribution in [0.5, 0.6) is 5.75 Å². The molecule has 1 N–H and O–H groups in total. The first-order valence-corrected chi connectivity index (χ1v) is 38.8. The number of benzene rings is 1. The number of phosphoric acid groups is 2. The molecule has 0 aliphatic carbocycles. The molecule has 0 radical (unpaired) electrons. The van der Waals surface area contributed by atoms with Crippen LogP contribution in [0.2, 0.25) is 5.02 Å². The van der Waals surface area contributed by atoms with E-state index in [1.54, 1.807) is 24.3 Å². The molecule has 0 amide bonds. The molecule has 1 rings (SSSR count). The molecule has 0 bridgehead atoms. The minimum absolute atomic E-state index is 0. The number of aliphatic hydroxyl groups excluding tert-OH is 1. The van der Waals surface area contributed by atoms with Crippen LogP contribution in [-0.4, -0.2) is 132 Å². The molecule has 0 aromatic heterocycles. The first-order chi connectivity index (χ1) is 44.7. The van der Waals surface area contributed by atoms with Crippen LogP contribution >= 0.6 is 39.7 Å². The number of rotatable bonds is 64. The molecule has 0 saturated carbocycles. The Morgan fingerprint density at radius 1 is 0.427 bits per heavy atom. The summed E-state index contributed by atoms with van der Waals surface area (Å²) in [4.78, 5) is 89.4. The number of carbonyl (C=O) groups excluding carboxylic acids is 5. The Morgan fingerprint density at radius 2 is 0.708 bits per heavy atom. The van der Waals surface area contributed by atoms with E-state index >= 15 is 0 Å². The van der Waals surface area contributed by atoms with Gasteiger partial charge in [-0.1, -0.05) is 245 Å². The molecule has 1 aromatic carbocycles. The van der Waals surface area contributed by atoms with Crippen molar-refractivity contribution in [2.75, 3.05) is 73.5 Å². The van der Waals surface area contributed by atoms with Crippen LogP contribution < -0.4 is 73.6 Å². The van der Waals surface area contributed by atoms with Crippen LogP contribution in [0.25, 0.3) is 0 Å². The fraction of sp³-hybridized carbons (Fsp3) is 0.841. The number of unbranched alkanes of at least 4 members (excludes halogenated alkanes) is 32. The summed E-state index contributed by atoms with van der Waals surface area (Å²) in [6, 6.07) is 6.81. The van der Waals surface area contributed by atoms with Crippen molar-refractivity contribution in [3.05, 3.63) is 29.3 Å². The van der Waals surface area contributed by atoms with Crippen molar-refractivity contribution >= 4 is 69.5 Å². The minimum atomic E-state index is -5.20. The van der Waals surface area contributed by atoms with E-state index in [1.807, 2.05) is 19.0 Å². The van der Waals surface area contributed by atoms with E-state index in [9.17, 15) is 48.0 Å². The molecule has 0 fully saturated rings. The van der Waals surface area contributed by atoms with Crippen molar-refractivity contribution in [3.8, 4) is 5.75 Å². The second-order valence-electron chi connectivity index (χ2n) is 24.4. The van der Waals surface area contributed by atoms with Gasteiger partial charge in [0, 0.05) is 37.3 Å². The van der Waals surface area contributed by atoms with Crippen LogP contribution in [0.1, 0.15) is 285 Å². The first-order valence-electron chi connectivity index (χ1n) is 35.5. The number of hydrogen-bond acceptors (Lipinski definition) is 21. The molecule has 0 aliphatic rings. The zero-order valence-electron chi connectivity index (χ0n) is 60.5. The molecule has 0 saturated heterocycles. The predicted octanol–water partition coefficient (Wildman–Crippen LogP) is 10.2. The molecular formula is C69H125Cl2NNa2O20P2. The number of carbonyl (C=O) groups is 5. The first kappa shape index (κ1) is 101. The third-order valence-corrected chi connectivity index (χ3v) is 17.2. The standard InChI is InChI=1S/C57H110O17P2.C12H16ClNO3.ClH.2Na/c1-5-9-13-17-21-25-29-33-37-41-54(59)67-47-52(73-56(61)43-39-35-31-27-23-19-15-11-7-3)49-71-75(63,64)69-45-51(58)46-70-76(65,66)72-50-53(74-57(62)44-40-36-32-28-24-20-16-12-8-4)48-68-55(60)42-38-34-30-26-22-18-14-10-6-2;1-14(2)7-8-16-12(15)9-17-11-5-3-10(13)4-6-11;;;/h51-53,58H,5-50H2,1-4H3,(H,63,64)(H,65,66);3-6H,7-9H2,1-2H3;1H;;/q;;;2*+1/p-2. The number of likely N-dealkylation sites (N-methyl/N-ethyl adjacent to an activating group) is 1. The van der Waals surface area contributed by atoms with Crippen LogP contribution in [-0.2, 0) is 74.9 Å². The van der Waals surface area contributed by atoms with E-state index in [0.717, 1.165) is 103 Å². The van der Waals surface area contributed by atoms with Gasteiger partial charge in [0.2, 0.25) is 0 Å². The predicted molar refractivity (Wildman–Crippen MR) is 368 cm³/mol. The number of ether oxygens (including phenoxy) is 6. The Morgan fingerprint density at radius 3 is 1.01 bits per heavy atom. The van der Waals surface area contributed by atoms with E-state index in [1.165, 1.54) is 103 Å². The zero-order valence-corrected chi connectivity index (χ0v) is 67.9.